The van der Waals surface area contributed by atoms with E-state index >= 15 is 0 Å². The van der Waals surface area contributed by atoms with Crippen molar-refractivity contribution in [2.75, 3.05) is 6.54 Å². The summed E-state index contributed by atoms with van der Waals surface area (Å²) in [6, 6.07) is 17.8. The monoisotopic (exact) mass is 310 g/mol. The van der Waals surface area contributed by atoms with Gasteiger partial charge in [0.15, 0.2) is 0 Å². The van der Waals surface area contributed by atoms with Crippen molar-refractivity contribution in [2.45, 2.75) is 38.6 Å². The van der Waals surface area contributed by atoms with E-state index in [4.69, 9.17) is 5.73 Å². The molecular formula is C20H26N2O. The molecule has 23 heavy (non-hydrogen) atoms. The molecule has 0 spiro atoms. The highest BCUT2D eigenvalue weighted by Crippen LogP contribution is 2.24. The predicted octanol–water partition coefficient (Wildman–Crippen LogP) is 3.26. The molecule has 0 aliphatic carbocycles. The maximum atomic E-state index is 12.6. The van der Waals surface area contributed by atoms with Gasteiger partial charge in [0.25, 0.3) is 0 Å². The van der Waals surface area contributed by atoms with Crippen molar-refractivity contribution in [3.05, 3.63) is 71.3 Å². The molecule has 3 nitrogen and oxygen atoms in total. The molecule has 1 atom stereocenters. The van der Waals surface area contributed by atoms with Crippen LogP contribution in [0.2, 0.25) is 0 Å². The zero-order chi connectivity index (χ0) is 17.1. The van der Waals surface area contributed by atoms with Crippen LogP contribution in [0.5, 0.6) is 0 Å². The molecule has 0 saturated heterocycles. The fourth-order valence-corrected chi connectivity index (χ4v) is 2.57. The molecule has 0 aliphatic rings. The molecule has 2 rings (SSSR count). The highest BCUT2D eigenvalue weighted by Gasteiger charge is 2.32. The second-order valence-electron chi connectivity index (χ2n) is 7.00. The number of hydrogen-bond donors (Lipinski definition) is 2. The van der Waals surface area contributed by atoms with Gasteiger partial charge in [0, 0.05) is 12.0 Å². The number of hydrogen-bond acceptors (Lipinski definition) is 2. The van der Waals surface area contributed by atoms with Crippen molar-refractivity contribution < 1.29 is 4.79 Å². The third-order valence-electron chi connectivity index (χ3n) is 4.34. The van der Waals surface area contributed by atoms with Gasteiger partial charge in [-0.1, -0.05) is 74.0 Å². The van der Waals surface area contributed by atoms with E-state index in [0.717, 1.165) is 5.56 Å². The summed E-state index contributed by atoms with van der Waals surface area (Å²) in [5.41, 5.74) is 8.30. The average molecular weight is 310 g/mol. The number of rotatable bonds is 5. The van der Waals surface area contributed by atoms with E-state index in [-0.39, 0.29) is 11.3 Å². The Bertz CT molecular complexity index is 675. The Labute approximate surface area is 138 Å². The second kappa shape index (κ2) is 6.55. The molecule has 2 aromatic rings. The lowest BCUT2D eigenvalue weighted by molar-refractivity contribution is -0.126. The van der Waals surface area contributed by atoms with Crippen LogP contribution in [-0.4, -0.2) is 12.5 Å². The number of carbonyl (C=O) groups is 1. The third-order valence-corrected chi connectivity index (χ3v) is 4.34. The molecule has 1 amide bonds. The predicted molar refractivity (Wildman–Crippen MR) is 95.2 cm³/mol. The number of amides is 1. The summed E-state index contributed by atoms with van der Waals surface area (Å²) in [6.45, 7) is 8.60. The van der Waals surface area contributed by atoms with Gasteiger partial charge in [-0.05, 0) is 25.0 Å². The summed E-state index contributed by atoms with van der Waals surface area (Å²) in [6.07, 6.45) is 0. The average Bonchev–Trinajstić information content (AvgIpc) is 2.53. The molecule has 122 valence electrons. The van der Waals surface area contributed by atoms with Gasteiger partial charge in [-0.2, -0.15) is 0 Å². The fraction of sp³-hybridized carbons (Fsp3) is 0.350. The summed E-state index contributed by atoms with van der Waals surface area (Å²) < 4.78 is 0. The smallest absolute Gasteiger partial charge is 0.244 e. The van der Waals surface area contributed by atoms with Crippen molar-refractivity contribution in [3.8, 4) is 0 Å². The fourth-order valence-electron chi connectivity index (χ4n) is 2.57. The molecule has 0 fully saturated rings. The Morgan fingerprint density at radius 3 is 2.22 bits per heavy atom. The first-order valence-electron chi connectivity index (χ1n) is 7.93. The molecule has 3 heteroatoms. The largest absolute Gasteiger partial charge is 0.353 e. The van der Waals surface area contributed by atoms with E-state index in [2.05, 4.69) is 44.3 Å². The van der Waals surface area contributed by atoms with E-state index in [9.17, 15) is 4.79 Å². The summed E-state index contributed by atoms with van der Waals surface area (Å²) in [4.78, 5) is 12.6. The van der Waals surface area contributed by atoms with Gasteiger partial charge in [0.2, 0.25) is 5.91 Å². The van der Waals surface area contributed by atoms with E-state index in [0.29, 0.717) is 6.54 Å². The lowest BCUT2D eigenvalue weighted by Crippen LogP contribution is -2.51. The van der Waals surface area contributed by atoms with Crippen LogP contribution < -0.4 is 11.1 Å². The Kier molecular flexibility index (Phi) is 4.90. The normalized spacial score (nSPS) is 14.1. The quantitative estimate of drug-likeness (QED) is 0.890. The Morgan fingerprint density at radius 1 is 1.00 bits per heavy atom. The van der Waals surface area contributed by atoms with Crippen LogP contribution in [-0.2, 0) is 15.7 Å². The minimum absolute atomic E-state index is 0.158. The molecule has 3 N–H and O–H groups in total. The summed E-state index contributed by atoms with van der Waals surface area (Å²) in [5, 5.41) is 3.02. The molecule has 0 bridgehead atoms. The highest BCUT2D eigenvalue weighted by molar-refractivity contribution is 5.87. The maximum absolute atomic E-state index is 12.6. The van der Waals surface area contributed by atoms with E-state index in [1.165, 1.54) is 11.1 Å². The van der Waals surface area contributed by atoms with Crippen LogP contribution in [0.3, 0.4) is 0 Å². The molecule has 0 aliphatic heterocycles. The number of nitrogens with one attached hydrogen (secondary N) is 1. The topological polar surface area (TPSA) is 55.1 Å². The zero-order valence-corrected chi connectivity index (χ0v) is 14.4. The first kappa shape index (κ1) is 17.2. The van der Waals surface area contributed by atoms with Gasteiger partial charge in [0.1, 0.15) is 5.54 Å². The first-order valence-corrected chi connectivity index (χ1v) is 7.93. The number of aryl methyl sites for hydroxylation is 1. The maximum Gasteiger partial charge on any atom is 0.244 e. The molecule has 0 heterocycles. The van der Waals surface area contributed by atoms with Crippen LogP contribution in [0.1, 0.15) is 37.5 Å². The molecular weight excluding hydrogens is 284 g/mol. The molecule has 2 aromatic carbocycles. The van der Waals surface area contributed by atoms with Crippen LogP contribution in [0.4, 0.5) is 0 Å². The molecule has 0 aromatic heterocycles. The summed E-state index contributed by atoms with van der Waals surface area (Å²) in [7, 11) is 0. The molecule has 1 unspecified atom stereocenters. The Balaban J connectivity index is 2.09. The van der Waals surface area contributed by atoms with Crippen LogP contribution in [0.15, 0.2) is 54.6 Å². The van der Waals surface area contributed by atoms with Gasteiger partial charge in [-0.3, -0.25) is 4.79 Å². The third kappa shape index (κ3) is 3.99. The van der Waals surface area contributed by atoms with Crippen molar-refractivity contribution in [1.82, 2.24) is 5.32 Å². The minimum atomic E-state index is -1.04. The van der Waals surface area contributed by atoms with Gasteiger partial charge in [0.05, 0.1) is 0 Å². The molecule has 0 radical (unpaired) electrons. The SMILES string of the molecule is Cc1cccc(C(C)(C)CNC(=O)C(C)(N)c2ccccc2)c1. The van der Waals surface area contributed by atoms with Crippen molar-refractivity contribution in [2.24, 2.45) is 5.73 Å². The number of nitrogens with two attached hydrogens (primary N) is 1. The highest BCUT2D eigenvalue weighted by atomic mass is 16.2. The lowest BCUT2D eigenvalue weighted by atomic mass is 9.83. The van der Waals surface area contributed by atoms with Crippen molar-refractivity contribution in [1.29, 1.82) is 0 Å². The number of carbonyl (C=O) groups excluding carboxylic acids is 1. The van der Waals surface area contributed by atoms with Crippen LogP contribution >= 0.6 is 0 Å². The summed E-state index contributed by atoms with van der Waals surface area (Å²) >= 11 is 0. The first-order chi connectivity index (χ1) is 10.7. The van der Waals surface area contributed by atoms with Gasteiger partial charge in [-0.25, -0.2) is 0 Å². The van der Waals surface area contributed by atoms with E-state index in [1.54, 1.807) is 6.92 Å². The minimum Gasteiger partial charge on any atom is -0.353 e. The number of benzene rings is 2. The summed E-state index contributed by atoms with van der Waals surface area (Å²) in [5.74, 6) is -0.163. The lowest BCUT2D eigenvalue weighted by Gasteiger charge is -2.30. The van der Waals surface area contributed by atoms with Crippen molar-refractivity contribution >= 4 is 5.91 Å². The molecule has 0 saturated carbocycles. The van der Waals surface area contributed by atoms with Gasteiger partial charge < -0.3 is 11.1 Å². The Hall–Kier alpha value is -2.13. The zero-order valence-electron chi connectivity index (χ0n) is 14.4. The standard InChI is InChI=1S/C20H26N2O/c1-15-9-8-12-17(13-15)19(2,3)14-22-18(23)20(4,21)16-10-6-5-7-11-16/h5-13H,14,21H2,1-4H3,(H,22,23). The van der Waals surface area contributed by atoms with E-state index in [1.807, 2.05) is 36.4 Å². The van der Waals surface area contributed by atoms with Crippen LogP contribution in [0.25, 0.3) is 0 Å². The second-order valence-corrected chi connectivity index (χ2v) is 7.00. The van der Waals surface area contributed by atoms with Gasteiger partial charge >= 0.3 is 0 Å². The van der Waals surface area contributed by atoms with Crippen LogP contribution in [0, 0.1) is 6.92 Å². The van der Waals surface area contributed by atoms with Crippen molar-refractivity contribution in [3.63, 3.8) is 0 Å². The van der Waals surface area contributed by atoms with Gasteiger partial charge in [-0.15, -0.1) is 0 Å². The Morgan fingerprint density at radius 2 is 1.61 bits per heavy atom. The van der Waals surface area contributed by atoms with E-state index < -0.39 is 5.54 Å².